The summed E-state index contributed by atoms with van der Waals surface area (Å²) in [6, 6.07) is 12.4. The van der Waals surface area contributed by atoms with Gasteiger partial charge in [-0.05, 0) is 42.8 Å². The molecule has 0 spiro atoms. The highest BCUT2D eigenvalue weighted by atomic mass is 19.1. The molecule has 0 saturated carbocycles. The lowest BCUT2D eigenvalue weighted by atomic mass is 10.1. The van der Waals surface area contributed by atoms with E-state index in [0.717, 1.165) is 17.1 Å². The highest BCUT2D eigenvalue weighted by molar-refractivity contribution is 5.89. The summed E-state index contributed by atoms with van der Waals surface area (Å²) in [7, 11) is 0. The first-order valence-electron chi connectivity index (χ1n) is 9.71. The van der Waals surface area contributed by atoms with E-state index < -0.39 is 5.82 Å². The zero-order chi connectivity index (χ0) is 21.5. The van der Waals surface area contributed by atoms with Crippen molar-refractivity contribution in [3.8, 4) is 28.4 Å². The van der Waals surface area contributed by atoms with Crippen molar-refractivity contribution in [1.29, 1.82) is 0 Å². The molecule has 0 amide bonds. The molecule has 0 unspecified atom stereocenters. The first-order chi connectivity index (χ1) is 15.1. The van der Waals surface area contributed by atoms with Crippen LogP contribution in [0.3, 0.4) is 0 Å². The summed E-state index contributed by atoms with van der Waals surface area (Å²) in [6.45, 7) is 2.24. The molecule has 0 aliphatic heterocycles. The number of aryl methyl sites for hydroxylation is 1. The van der Waals surface area contributed by atoms with Gasteiger partial charge in [0, 0.05) is 35.9 Å². The molecule has 7 nitrogen and oxygen atoms in total. The summed E-state index contributed by atoms with van der Waals surface area (Å²) in [4.78, 5) is 12.8. The van der Waals surface area contributed by atoms with Gasteiger partial charge in [-0.1, -0.05) is 12.1 Å². The van der Waals surface area contributed by atoms with Crippen LogP contribution in [-0.2, 0) is 6.54 Å². The zero-order valence-electron chi connectivity index (χ0n) is 16.7. The Hall–Kier alpha value is -4.04. The van der Waals surface area contributed by atoms with E-state index in [-0.39, 0.29) is 17.0 Å². The number of halogens is 1. The third-order valence-electron chi connectivity index (χ3n) is 5.30. The number of nitrogens with two attached hydrogens (primary N) is 1. The van der Waals surface area contributed by atoms with Crippen LogP contribution in [0.2, 0.25) is 0 Å². The van der Waals surface area contributed by atoms with Crippen molar-refractivity contribution >= 4 is 11.0 Å². The third-order valence-corrected chi connectivity index (χ3v) is 5.30. The van der Waals surface area contributed by atoms with Crippen LogP contribution in [0, 0.1) is 12.7 Å². The van der Waals surface area contributed by atoms with Gasteiger partial charge in [0.25, 0.3) is 0 Å². The van der Waals surface area contributed by atoms with Crippen molar-refractivity contribution in [2.24, 2.45) is 5.73 Å². The lowest BCUT2D eigenvalue weighted by Crippen LogP contribution is -2.00. The Morgan fingerprint density at radius 2 is 1.87 bits per heavy atom. The molecule has 0 aliphatic rings. The van der Waals surface area contributed by atoms with Crippen LogP contribution >= 0.6 is 0 Å². The number of hydrogen-bond donors (Lipinski definition) is 2. The Kier molecular flexibility index (Phi) is 4.48. The van der Waals surface area contributed by atoms with E-state index in [1.54, 1.807) is 40.0 Å². The number of aromatic nitrogens is 5. The molecule has 0 fully saturated rings. The summed E-state index contributed by atoms with van der Waals surface area (Å²) in [5.74, 6) is 0.112. The van der Waals surface area contributed by atoms with Gasteiger partial charge in [0.1, 0.15) is 34.7 Å². The molecular weight excluding hydrogens is 395 g/mol. The zero-order valence-corrected chi connectivity index (χ0v) is 16.7. The lowest BCUT2D eigenvalue weighted by Gasteiger charge is -2.11. The Balaban J connectivity index is 1.65. The Bertz CT molecular complexity index is 1420. The summed E-state index contributed by atoms with van der Waals surface area (Å²) in [5, 5.41) is 11.1. The standard InChI is InChI=1S/C23H19FN6O/c1-14-26-7-8-29(14)17-5-6-18(19(24)10-17)21-23(31)22-20(12-27-21)28-13-30(22)16-4-2-3-15(9-16)11-25/h2-10,12-13,31H,11,25H2,1H3. The molecule has 5 aromatic rings. The largest absolute Gasteiger partial charge is 0.504 e. The van der Waals surface area contributed by atoms with E-state index in [1.165, 1.54) is 12.3 Å². The van der Waals surface area contributed by atoms with Crippen molar-refractivity contribution in [2.75, 3.05) is 0 Å². The molecule has 0 aliphatic carbocycles. The van der Waals surface area contributed by atoms with E-state index >= 15 is 4.39 Å². The minimum Gasteiger partial charge on any atom is -0.504 e. The van der Waals surface area contributed by atoms with Crippen LogP contribution in [0.4, 0.5) is 4.39 Å². The lowest BCUT2D eigenvalue weighted by molar-refractivity contribution is 0.479. The number of rotatable bonds is 4. The van der Waals surface area contributed by atoms with Crippen LogP contribution in [0.5, 0.6) is 5.75 Å². The monoisotopic (exact) mass is 414 g/mol. The molecule has 5 rings (SSSR count). The predicted octanol–water partition coefficient (Wildman–Crippen LogP) is 3.89. The third kappa shape index (κ3) is 3.13. The summed E-state index contributed by atoms with van der Waals surface area (Å²) in [5.41, 5.74) is 9.44. The second kappa shape index (κ2) is 7.33. The molecule has 8 heteroatoms. The smallest absolute Gasteiger partial charge is 0.168 e. The predicted molar refractivity (Wildman–Crippen MR) is 116 cm³/mol. The maximum absolute atomic E-state index is 15.1. The fourth-order valence-corrected chi connectivity index (χ4v) is 3.71. The van der Waals surface area contributed by atoms with Crippen LogP contribution in [0.15, 0.2) is 67.4 Å². The molecule has 0 bridgehead atoms. The van der Waals surface area contributed by atoms with E-state index in [9.17, 15) is 5.11 Å². The molecule has 31 heavy (non-hydrogen) atoms. The molecular formula is C23H19FN6O. The average molecular weight is 414 g/mol. The Morgan fingerprint density at radius 1 is 1.03 bits per heavy atom. The number of imidazole rings is 2. The first kappa shape index (κ1) is 19.0. The summed E-state index contributed by atoms with van der Waals surface area (Å²) < 4.78 is 18.6. The van der Waals surface area contributed by atoms with Gasteiger partial charge in [0.2, 0.25) is 0 Å². The van der Waals surface area contributed by atoms with Crippen molar-refractivity contribution in [2.45, 2.75) is 13.5 Å². The molecule has 0 atom stereocenters. The van der Waals surface area contributed by atoms with Crippen molar-refractivity contribution in [3.63, 3.8) is 0 Å². The van der Waals surface area contributed by atoms with Gasteiger partial charge in [-0.3, -0.25) is 4.57 Å². The van der Waals surface area contributed by atoms with Crippen LogP contribution in [-0.4, -0.2) is 29.2 Å². The van der Waals surface area contributed by atoms with E-state index in [2.05, 4.69) is 15.0 Å². The van der Waals surface area contributed by atoms with Gasteiger partial charge >= 0.3 is 0 Å². The SMILES string of the molecule is Cc1nccn1-c1ccc(-c2ncc3ncn(-c4cccc(CN)c4)c3c2O)c(F)c1. The van der Waals surface area contributed by atoms with E-state index in [0.29, 0.717) is 23.3 Å². The van der Waals surface area contributed by atoms with Gasteiger partial charge in [0.15, 0.2) is 5.75 Å². The highest BCUT2D eigenvalue weighted by Gasteiger charge is 2.19. The summed E-state index contributed by atoms with van der Waals surface area (Å²) >= 11 is 0. The Morgan fingerprint density at radius 3 is 2.61 bits per heavy atom. The van der Waals surface area contributed by atoms with Gasteiger partial charge in [-0.25, -0.2) is 19.3 Å². The molecule has 2 aromatic carbocycles. The van der Waals surface area contributed by atoms with Gasteiger partial charge in [-0.15, -0.1) is 0 Å². The molecule has 154 valence electrons. The summed E-state index contributed by atoms with van der Waals surface area (Å²) in [6.07, 6.45) is 6.55. The minimum atomic E-state index is -0.496. The molecule has 3 heterocycles. The van der Waals surface area contributed by atoms with Crippen molar-refractivity contribution in [1.82, 2.24) is 24.1 Å². The van der Waals surface area contributed by atoms with Gasteiger partial charge in [0.05, 0.1) is 6.20 Å². The maximum atomic E-state index is 15.1. The molecule has 0 radical (unpaired) electrons. The van der Waals surface area contributed by atoms with E-state index in [1.807, 2.05) is 31.2 Å². The van der Waals surface area contributed by atoms with Crippen LogP contribution in [0.1, 0.15) is 11.4 Å². The highest BCUT2D eigenvalue weighted by Crippen LogP contribution is 2.36. The fraction of sp³-hybridized carbons (Fsp3) is 0.0870. The minimum absolute atomic E-state index is 0.140. The molecule has 3 aromatic heterocycles. The number of aromatic hydroxyl groups is 1. The number of pyridine rings is 1. The topological polar surface area (TPSA) is 94.8 Å². The van der Waals surface area contributed by atoms with Crippen LogP contribution < -0.4 is 5.73 Å². The molecule has 0 saturated heterocycles. The molecule has 3 N–H and O–H groups in total. The fourth-order valence-electron chi connectivity index (χ4n) is 3.71. The number of fused-ring (bicyclic) bond motifs is 1. The van der Waals surface area contributed by atoms with Crippen molar-refractivity contribution < 1.29 is 9.50 Å². The quantitative estimate of drug-likeness (QED) is 0.465. The number of nitrogens with zero attached hydrogens (tertiary/aromatic N) is 5. The average Bonchev–Trinajstić information content (AvgIpc) is 3.41. The second-order valence-electron chi connectivity index (χ2n) is 7.19. The Labute approximate surface area is 177 Å². The first-order valence-corrected chi connectivity index (χ1v) is 9.71. The normalized spacial score (nSPS) is 11.3. The van der Waals surface area contributed by atoms with Gasteiger partial charge < -0.3 is 15.4 Å². The van der Waals surface area contributed by atoms with Crippen LogP contribution in [0.25, 0.3) is 33.7 Å². The number of hydrogen-bond acceptors (Lipinski definition) is 5. The number of benzene rings is 2. The van der Waals surface area contributed by atoms with Gasteiger partial charge in [-0.2, -0.15) is 0 Å². The maximum Gasteiger partial charge on any atom is 0.168 e. The van der Waals surface area contributed by atoms with Crippen molar-refractivity contribution in [3.05, 3.63) is 84.6 Å². The van der Waals surface area contributed by atoms with E-state index in [4.69, 9.17) is 5.73 Å². The second-order valence-corrected chi connectivity index (χ2v) is 7.19.